The predicted octanol–water partition coefficient (Wildman–Crippen LogP) is 4.51. The van der Waals surface area contributed by atoms with Crippen molar-refractivity contribution >= 4 is 23.2 Å². The summed E-state index contributed by atoms with van der Waals surface area (Å²) in [6.07, 6.45) is 4.12. The fraction of sp³-hybridized carbons (Fsp3) is 0.500. The van der Waals surface area contributed by atoms with E-state index in [0.29, 0.717) is 35.9 Å². The van der Waals surface area contributed by atoms with Gasteiger partial charge < -0.3 is 19.5 Å². The van der Waals surface area contributed by atoms with Gasteiger partial charge in [-0.2, -0.15) is 0 Å². The first kappa shape index (κ1) is 20.9. The summed E-state index contributed by atoms with van der Waals surface area (Å²) < 4.78 is 11.0. The van der Waals surface area contributed by atoms with Crippen molar-refractivity contribution in [2.75, 3.05) is 10.2 Å². The molecule has 1 N–H and O–H groups in total. The number of nitrogens with zero attached hydrogens (tertiary/aromatic N) is 2. The predicted molar refractivity (Wildman–Crippen MR) is 111 cm³/mol. The van der Waals surface area contributed by atoms with Crippen LogP contribution in [0.5, 0.6) is 5.75 Å². The van der Waals surface area contributed by atoms with E-state index in [2.05, 4.69) is 17.4 Å². The SMILES string of the molecule is CCCCCCC(=O)Nc1ccc2c(c1)N(Cc1c(C)noc1C)C(=O)C(C)O2. The number of hydrogen-bond acceptors (Lipinski definition) is 5. The molecule has 0 bridgehead atoms. The minimum Gasteiger partial charge on any atom is -0.479 e. The average molecular weight is 399 g/mol. The number of hydrogen-bond donors (Lipinski definition) is 1. The summed E-state index contributed by atoms with van der Waals surface area (Å²) in [4.78, 5) is 26.8. The summed E-state index contributed by atoms with van der Waals surface area (Å²) >= 11 is 0. The molecule has 7 nitrogen and oxygen atoms in total. The lowest BCUT2D eigenvalue weighted by molar-refractivity contribution is -0.125. The van der Waals surface area contributed by atoms with Gasteiger partial charge in [0.05, 0.1) is 17.9 Å². The third-order valence-corrected chi connectivity index (χ3v) is 5.21. The van der Waals surface area contributed by atoms with Crippen molar-refractivity contribution in [3.8, 4) is 5.75 Å². The van der Waals surface area contributed by atoms with Gasteiger partial charge >= 0.3 is 0 Å². The zero-order valence-corrected chi connectivity index (χ0v) is 17.6. The van der Waals surface area contributed by atoms with Crippen LogP contribution in [0.3, 0.4) is 0 Å². The molecule has 156 valence electrons. The summed E-state index contributed by atoms with van der Waals surface area (Å²) in [7, 11) is 0. The van der Waals surface area contributed by atoms with Crippen LogP contribution in [0.2, 0.25) is 0 Å². The number of carbonyl (C=O) groups is 2. The summed E-state index contributed by atoms with van der Waals surface area (Å²) in [6.45, 7) is 7.91. The van der Waals surface area contributed by atoms with E-state index in [0.717, 1.165) is 36.9 Å². The quantitative estimate of drug-likeness (QED) is 0.660. The second-order valence-electron chi connectivity index (χ2n) is 7.53. The molecule has 1 aliphatic heterocycles. The molecular formula is C22H29N3O4. The summed E-state index contributed by atoms with van der Waals surface area (Å²) in [5.41, 5.74) is 2.92. The van der Waals surface area contributed by atoms with Crippen LogP contribution in [0.15, 0.2) is 22.7 Å². The van der Waals surface area contributed by atoms with Crippen molar-refractivity contribution < 1.29 is 18.8 Å². The summed E-state index contributed by atoms with van der Waals surface area (Å²) in [5, 5.41) is 6.91. The molecule has 0 aliphatic carbocycles. The lowest BCUT2D eigenvalue weighted by Crippen LogP contribution is -2.44. The van der Waals surface area contributed by atoms with Crippen LogP contribution in [0.25, 0.3) is 0 Å². The molecule has 3 rings (SSSR count). The van der Waals surface area contributed by atoms with Crippen molar-refractivity contribution in [2.45, 2.75) is 72.4 Å². The Balaban J connectivity index is 1.79. The zero-order valence-electron chi connectivity index (χ0n) is 17.6. The van der Waals surface area contributed by atoms with Gasteiger partial charge in [0.15, 0.2) is 6.10 Å². The molecule has 1 atom stereocenters. The summed E-state index contributed by atoms with van der Waals surface area (Å²) in [6, 6.07) is 5.39. The number of anilines is 2. The third kappa shape index (κ3) is 4.78. The number of amides is 2. The van der Waals surface area contributed by atoms with Crippen LogP contribution in [0.1, 0.15) is 63.0 Å². The highest BCUT2D eigenvalue weighted by Gasteiger charge is 2.33. The zero-order chi connectivity index (χ0) is 21.0. The molecule has 29 heavy (non-hydrogen) atoms. The highest BCUT2D eigenvalue weighted by Crippen LogP contribution is 2.37. The number of benzene rings is 1. The van der Waals surface area contributed by atoms with Crippen LogP contribution in [0.4, 0.5) is 11.4 Å². The standard InChI is InChI=1S/C22H29N3O4/c1-5-6-7-8-9-21(26)23-17-10-11-20-19(12-17)25(22(27)16(4)28-20)13-18-14(2)24-29-15(18)3/h10-12,16H,5-9,13H2,1-4H3,(H,23,26). The number of rotatable bonds is 8. The Kier molecular flexibility index (Phi) is 6.56. The maximum absolute atomic E-state index is 12.8. The van der Waals surface area contributed by atoms with Crippen molar-refractivity contribution in [3.63, 3.8) is 0 Å². The first-order valence-corrected chi connectivity index (χ1v) is 10.2. The van der Waals surface area contributed by atoms with Gasteiger partial charge in [0.2, 0.25) is 5.91 Å². The minimum absolute atomic E-state index is 0.0188. The second kappa shape index (κ2) is 9.11. The Labute approximate surface area is 171 Å². The van der Waals surface area contributed by atoms with Crippen molar-refractivity contribution in [1.29, 1.82) is 0 Å². The van der Waals surface area contributed by atoms with Gasteiger partial charge in [-0.3, -0.25) is 9.59 Å². The van der Waals surface area contributed by atoms with E-state index in [1.54, 1.807) is 30.0 Å². The molecule has 0 saturated heterocycles. The maximum Gasteiger partial charge on any atom is 0.268 e. The number of aryl methyl sites for hydroxylation is 2. The number of carbonyl (C=O) groups excluding carboxylic acids is 2. The summed E-state index contributed by atoms with van der Waals surface area (Å²) in [5.74, 6) is 1.15. The molecule has 0 saturated carbocycles. The Hall–Kier alpha value is -2.83. The fourth-order valence-corrected chi connectivity index (χ4v) is 3.47. The number of nitrogens with one attached hydrogen (secondary N) is 1. The van der Waals surface area contributed by atoms with Crippen molar-refractivity contribution in [1.82, 2.24) is 5.16 Å². The van der Waals surface area contributed by atoms with Gasteiger partial charge in [-0.05, 0) is 45.4 Å². The molecule has 2 amide bonds. The number of unbranched alkanes of at least 4 members (excludes halogenated alkanes) is 3. The minimum atomic E-state index is -0.582. The first-order valence-electron chi connectivity index (χ1n) is 10.2. The molecular weight excluding hydrogens is 370 g/mol. The van der Waals surface area contributed by atoms with Gasteiger partial charge in [0.1, 0.15) is 11.5 Å². The highest BCUT2D eigenvalue weighted by atomic mass is 16.5. The monoisotopic (exact) mass is 399 g/mol. The van der Waals surface area contributed by atoms with E-state index in [1.807, 2.05) is 13.8 Å². The van der Waals surface area contributed by atoms with Crippen LogP contribution >= 0.6 is 0 Å². The van der Waals surface area contributed by atoms with Crippen LogP contribution < -0.4 is 15.0 Å². The van der Waals surface area contributed by atoms with Crippen LogP contribution in [-0.2, 0) is 16.1 Å². The lowest BCUT2D eigenvalue weighted by Gasteiger charge is -2.33. The molecule has 1 unspecified atom stereocenters. The fourth-order valence-electron chi connectivity index (χ4n) is 3.47. The topological polar surface area (TPSA) is 84.7 Å². The number of aromatic nitrogens is 1. The van der Waals surface area contributed by atoms with Crippen LogP contribution in [-0.4, -0.2) is 23.1 Å². The van der Waals surface area contributed by atoms with E-state index >= 15 is 0 Å². The second-order valence-corrected chi connectivity index (χ2v) is 7.53. The molecule has 2 heterocycles. The molecule has 7 heteroatoms. The highest BCUT2D eigenvalue weighted by molar-refractivity contribution is 6.01. The van der Waals surface area contributed by atoms with E-state index < -0.39 is 6.10 Å². The Bertz CT molecular complexity index is 871. The van der Waals surface area contributed by atoms with Gasteiger partial charge in [-0.25, -0.2) is 0 Å². The van der Waals surface area contributed by atoms with Crippen molar-refractivity contribution in [3.05, 3.63) is 35.2 Å². The van der Waals surface area contributed by atoms with E-state index in [9.17, 15) is 9.59 Å². The lowest BCUT2D eigenvalue weighted by atomic mass is 10.1. The van der Waals surface area contributed by atoms with Crippen molar-refractivity contribution in [2.24, 2.45) is 0 Å². The normalized spacial score (nSPS) is 15.8. The van der Waals surface area contributed by atoms with E-state index in [-0.39, 0.29) is 11.8 Å². The van der Waals surface area contributed by atoms with E-state index in [4.69, 9.17) is 9.26 Å². The Morgan fingerprint density at radius 2 is 2.03 bits per heavy atom. The number of ether oxygens (including phenoxy) is 1. The van der Waals surface area contributed by atoms with E-state index in [1.165, 1.54) is 0 Å². The molecule has 1 aliphatic rings. The number of fused-ring (bicyclic) bond motifs is 1. The maximum atomic E-state index is 12.8. The third-order valence-electron chi connectivity index (χ3n) is 5.21. The molecule has 0 radical (unpaired) electrons. The van der Waals surface area contributed by atoms with Gasteiger partial charge in [0.25, 0.3) is 5.91 Å². The molecule has 2 aromatic rings. The Morgan fingerprint density at radius 1 is 1.24 bits per heavy atom. The first-order chi connectivity index (χ1) is 13.9. The van der Waals surface area contributed by atoms with Gasteiger partial charge in [-0.15, -0.1) is 0 Å². The van der Waals surface area contributed by atoms with Gasteiger partial charge in [0, 0.05) is 17.7 Å². The molecule has 1 aromatic heterocycles. The molecule has 1 aromatic carbocycles. The van der Waals surface area contributed by atoms with Gasteiger partial charge in [-0.1, -0.05) is 31.3 Å². The largest absolute Gasteiger partial charge is 0.479 e. The van der Waals surface area contributed by atoms with Crippen LogP contribution in [0, 0.1) is 13.8 Å². The molecule has 0 fully saturated rings. The smallest absolute Gasteiger partial charge is 0.268 e. The molecule has 0 spiro atoms. The average Bonchev–Trinajstić information content (AvgIpc) is 3.01. The Morgan fingerprint density at radius 3 is 2.72 bits per heavy atom.